The van der Waals surface area contributed by atoms with Gasteiger partial charge in [-0.3, -0.25) is 4.79 Å². The average molecular weight is 369 g/mol. The van der Waals surface area contributed by atoms with Gasteiger partial charge < -0.3 is 10.6 Å². The number of piperidine rings is 1. The quantitative estimate of drug-likeness (QED) is 0.824. The normalized spacial score (nSPS) is 22.3. The Kier molecular flexibility index (Phi) is 5.18. The summed E-state index contributed by atoms with van der Waals surface area (Å²) in [5.41, 5.74) is -0.744. The van der Waals surface area contributed by atoms with Crippen LogP contribution in [0.3, 0.4) is 0 Å². The van der Waals surface area contributed by atoms with Crippen molar-refractivity contribution in [1.29, 1.82) is 0 Å². The standard InChI is InChI=1S/C15H16ClF3N2O.ClH/c16-12-2-1-9(7-10(12)15(17,18)19)21-13(22)11-8-14(11)3-5-20-6-4-14;/h1-2,7,11,20H,3-6,8H2,(H,21,22);1H. The second-order valence-electron chi connectivity index (χ2n) is 6.05. The molecule has 1 saturated heterocycles. The Morgan fingerprint density at radius 2 is 1.96 bits per heavy atom. The molecule has 128 valence electrons. The van der Waals surface area contributed by atoms with Crippen LogP contribution in [0.4, 0.5) is 18.9 Å². The lowest BCUT2D eigenvalue weighted by atomic mass is 9.92. The van der Waals surface area contributed by atoms with E-state index in [1.54, 1.807) is 0 Å². The van der Waals surface area contributed by atoms with Crippen LogP contribution in [-0.4, -0.2) is 19.0 Å². The Hall–Kier alpha value is -0.980. The van der Waals surface area contributed by atoms with Crippen LogP contribution in [0.15, 0.2) is 18.2 Å². The van der Waals surface area contributed by atoms with Crippen molar-refractivity contribution in [1.82, 2.24) is 5.32 Å². The van der Waals surface area contributed by atoms with E-state index in [1.165, 1.54) is 6.07 Å². The molecule has 1 atom stereocenters. The van der Waals surface area contributed by atoms with Crippen LogP contribution in [0.2, 0.25) is 5.02 Å². The van der Waals surface area contributed by atoms with E-state index in [-0.39, 0.29) is 40.4 Å². The fourth-order valence-corrected chi connectivity index (χ4v) is 3.47. The number of carbonyl (C=O) groups is 1. The first kappa shape index (κ1) is 18.4. The Bertz CT molecular complexity index is 601. The average Bonchev–Trinajstić information content (AvgIpc) is 3.14. The van der Waals surface area contributed by atoms with Crippen LogP contribution in [0.5, 0.6) is 0 Å². The van der Waals surface area contributed by atoms with Crippen molar-refractivity contribution in [2.24, 2.45) is 11.3 Å². The number of nitrogens with one attached hydrogen (secondary N) is 2. The molecule has 2 N–H and O–H groups in total. The number of hydrogen-bond acceptors (Lipinski definition) is 2. The zero-order valence-corrected chi connectivity index (χ0v) is 13.7. The second kappa shape index (κ2) is 6.49. The lowest BCUT2D eigenvalue weighted by Crippen LogP contribution is -2.31. The van der Waals surface area contributed by atoms with Gasteiger partial charge in [-0.25, -0.2) is 0 Å². The van der Waals surface area contributed by atoms with Crippen molar-refractivity contribution in [2.75, 3.05) is 18.4 Å². The Morgan fingerprint density at radius 1 is 1.30 bits per heavy atom. The number of alkyl halides is 3. The zero-order valence-electron chi connectivity index (χ0n) is 12.2. The van der Waals surface area contributed by atoms with E-state index in [9.17, 15) is 18.0 Å². The minimum Gasteiger partial charge on any atom is -0.326 e. The second-order valence-corrected chi connectivity index (χ2v) is 6.46. The Morgan fingerprint density at radius 3 is 2.57 bits per heavy atom. The maximum Gasteiger partial charge on any atom is 0.417 e. The van der Waals surface area contributed by atoms with Gasteiger partial charge in [-0.1, -0.05) is 11.6 Å². The van der Waals surface area contributed by atoms with Crippen LogP contribution in [0, 0.1) is 11.3 Å². The monoisotopic (exact) mass is 368 g/mol. The van der Waals surface area contributed by atoms with E-state index >= 15 is 0 Å². The molecule has 1 aliphatic carbocycles. The summed E-state index contributed by atoms with van der Waals surface area (Å²) >= 11 is 5.57. The lowest BCUT2D eigenvalue weighted by Gasteiger charge is -2.23. The fraction of sp³-hybridized carbons (Fsp3) is 0.533. The zero-order chi connectivity index (χ0) is 16.0. The van der Waals surface area contributed by atoms with Gasteiger partial charge in [0, 0.05) is 11.6 Å². The molecule has 1 heterocycles. The highest BCUT2D eigenvalue weighted by Crippen LogP contribution is 2.58. The van der Waals surface area contributed by atoms with Gasteiger partial charge in [-0.05, 0) is 56.0 Å². The molecule has 2 fully saturated rings. The van der Waals surface area contributed by atoms with Gasteiger partial charge in [0.15, 0.2) is 0 Å². The first-order valence-corrected chi connectivity index (χ1v) is 7.58. The summed E-state index contributed by atoms with van der Waals surface area (Å²) in [6.07, 6.45) is -1.83. The molecule has 1 aromatic rings. The molecule has 0 radical (unpaired) electrons. The smallest absolute Gasteiger partial charge is 0.326 e. The molecule has 2 aliphatic rings. The van der Waals surface area contributed by atoms with Gasteiger partial charge in [-0.15, -0.1) is 12.4 Å². The van der Waals surface area contributed by atoms with Crippen molar-refractivity contribution in [3.05, 3.63) is 28.8 Å². The third kappa shape index (κ3) is 3.75. The highest BCUT2D eigenvalue weighted by atomic mass is 35.5. The molecule has 23 heavy (non-hydrogen) atoms. The predicted molar refractivity (Wildman–Crippen MR) is 85.0 cm³/mol. The molecule has 1 unspecified atom stereocenters. The third-order valence-electron chi connectivity index (χ3n) is 4.64. The summed E-state index contributed by atoms with van der Waals surface area (Å²) in [5.74, 6) is -0.294. The number of benzene rings is 1. The Labute approximate surface area is 143 Å². The molecule has 1 amide bonds. The molecule has 3 rings (SSSR count). The highest BCUT2D eigenvalue weighted by Gasteiger charge is 2.57. The molecule has 0 aromatic heterocycles. The maximum atomic E-state index is 12.8. The minimum absolute atomic E-state index is 0. The molecule has 8 heteroatoms. The predicted octanol–water partition coefficient (Wildman–Crippen LogP) is 4.11. The van der Waals surface area contributed by atoms with Crippen LogP contribution >= 0.6 is 24.0 Å². The molecular formula is C15H17Cl2F3N2O. The van der Waals surface area contributed by atoms with E-state index in [4.69, 9.17) is 11.6 Å². The Balaban J connectivity index is 0.00000192. The first-order chi connectivity index (χ1) is 10.3. The highest BCUT2D eigenvalue weighted by molar-refractivity contribution is 6.31. The van der Waals surface area contributed by atoms with Crippen molar-refractivity contribution < 1.29 is 18.0 Å². The molecular weight excluding hydrogens is 352 g/mol. The number of anilines is 1. The van der Waals surface area contributed by atoms with E-state index < -0.39 is 11.7 Å². The maximum absolute atomic E-state index is 12.8. The SMILES string of the molecule is Cl.O=C(Nc1ccc(Cl)c(C(F)(F)F)c1)C1CC12CCNCC2. The largest absolute Gasteiger partial charge is 0.417 e. The van der Waals surface area contributed by atoms with E-state index in [1.807, 2.05) is 0 Å². The summed E-state index contributed by atoms with van der Waals surface area (Å²) in [5, 5.41) is 5.48. The minimum atomic E-state index is -4.53. The van der Waals surface area contributed by atoms with Gasteiger partial charge in [0.2, 0.25) is 5.91 Å². The van der Waals surface area contributed by atoms with Gasteiger partial charge in [-0.2, -0.15) is 13.2 Å². The topological polar surface area (TPSA) is 41.1 Å². The summed E-state index contributed by atoms with van der Waals surface area (Å²) in [7, 11) is 0. The first-order valence-electron chi connectivity index (χ1n) is 7.20. The summed E-state index contributed by atoms with van der Waals surface area (Å²) in [6.45, 7) is 1.78. The van der Waals surface area contributed by atoms with Crippen LogP contribution < -0.4 is 10.6 Å². The van der Waals surface area contributed by atoms with Gasteiger partial charge in [0.25, 0.3) is 0 Å². The van der Waals surface area contributed by atoms with Crippen molar-refractivity contribution >= 4 is 35.6 Å². The van der Waals surface area contributed by atoms with E-state index in [0.29, 0.717) is 0 Å². The number of carbonyl (C=O) groups excluding carboxylic acids is 1. The molecule has 0 bridgehead atoms. The number of amides is 1. The summed E-state index contributed by atoms with van der Waals surface area (Å²) in [4.78, 5) is 12.2. The summed E-state index contributed by atoms with van der Waals surface area (Å²) < 4.78 is 38.5. The molecule has 1 saturated carbocycles. The molecule has 1 spiro atoms. The lowest BCUT2D eigenvalue weighted by molar-refractivity contribution is -0.137. The van der Waals surface area contributed by atoms with Crippen molar-refractivity contribution in [3.8, 4) is 0 Å². The number of halogens is 5. The van der Waals surface area contributed by atoms with Crippen LogP contribution in [-0.2, 0) is 11.0 Å². The van der Waals surface area contributed by atoms with Crippen molar-refractivity contribution in [3.63, 3.8) is 0 Å². The molecule has 1 aromatic carbocycles. The van der Waals surface area contributed by atoms with Gasteiger partial charge in [0.05, 0.1) is 10.6 Å². The number of hydrogen-bond donors (Lipinski definition) is 2. The van der Waals surface area contributed by atoms with Gasteiger partial charge >= 0.3 is 6.18 Å². The van der Waals surface area contributed by atoms with E-state index in [2.05, 4.69) is 10.6 Å². The van der Waals surface area contributed by atoms with Gasteiger partial charge in [0.1, 0.15) is 0 Å². The number of rotatable bonds is 2. The molecule has 3 nitrogen and oxygen atoms in total. The fourth-order valence-electron chi connectivity index (χ4n) is 3.25. The third-order valence-corrected chi connectivity index (χ3v) is 4.97. The summed E-state index contributed by atoms with van der Waals surface area (Å²) in [6, 6.07) is 3.44. The van der Waals surface area contributed by atoms with Crippen LogP contribution in [0.25, 0.3) is 0 Å². The van der Waals surface area contributed by atoms with Crippen LogP contribution in [0.1, 0.15) is 24.8 Å². The van der Waals surface area contributed by atoms with E-state index in [0.717, 1.165) is 44.5 Å². The molecule has 1 aliphatic heterocycles. The van der Waals surface area contributed by atoms with Crippen molar-refractivity contribution in [2.45, 2.75) is 25.4 Å².